The topological polar surface area (TPSA) is 67.4 Å². The van der Waals surface area contributed by atoms with Gasteiger partial charge in [0.1, 0.15) is 11.0 Å². The lowest BCUT2D eigenvalue weighted by Gasteiger charge is -2.23. The molecule has 1 amide bonds. The van der Waals surface area contributed by atoms with Crippen LogP contribution in [-0.4, -0.2) is 24.5 Å². The lowest BCUT2D eigenvalue weighted by atomic mass is 9.88. The first kappa shape index (κ1) is 23.5. The quantitative estimate of drug-likeness (QED) is 0.503. The number of amides is 1. The number of anilines is 1. The van der Waals surface area contributed by atoms with Crippen LogP contribution in [0.2, 0.25) is 0 Å². The number of ether oxygens (including phenoxy) is 1. The zero-order chi connectivity index (χ0) is 22.4. The minimum atomic E-state index is -0.490. The Morgan fingerprint density at radius 1 is 1.23 bits per heavy atom. The van der Waals surface area contributed by atoms with Crippen molar-refractivity contribution in [1.82, 2.24) is 5.32 Å². The minimum absolute atomic E-state index is 0.147. The Morgan fingerprint density at radius 3 is 2.65 bits per heavy atom. The second kappa shape index (κ2) is 10.9. The molecule has 0 unspecified atom stereocenters. The Balaban J connectivity index is 1.91. The van der Waals surface area contributed by atoms with E-state index < -0.39 is 6.04 Å². The second-order valence-corrected chi connectivity index (χ2v) is 9.57. The van der Waals surface area contributed by atoms with Gasteiger partial charge in [0.25, 0.3) is 0 Å². The molecule has 0 fully saturated rings. The molecule has 1 aromatic heterocycles. The monoisotopic (exact) mass is 442 g/mol. The fourth-order valence-electron chi connectivity index (χ4n) is 4.21. The van der Waals surface area contributed by atoms with Crippen LogP contribution in [0.15, 0.2) is 30.3 Å². The van der Waals surface area contributed by atoms with Crippen LogP contribution in [0.5, 0.6) is 0 Å². The molecule has 1 aliphatic rings. The van der Waals surface area contributed by atoms with Crippen molar-refractivity contribution in [2.24, 2.45) is 5.92 Å². The number of rotatable bonds is 9. The fourth-order valence-corrected chi connectivity index (χ4v) is 5.61. The summed E-state index contributed by atoms with van der Waals surface area (Å²) in [5.74, 6) is 0.0955. The number of fused-ring (bicyclic) bond motifs is 1. The SMILES string of the molecule is CCC[C@H](C)N[C@@H](C(=O)Nc1sc2c(c1C(=O)OCC)CC[C@@H](C)C2)c1ccccc1. The van der Waals surface area contributed by atoms with Gasteiger partial charge in [0.2, 0.25) is 5.91 Å². The molecule has 2 aromatic rings. The molecule has 0 saturated carbocycles. The number of hydrogen-bond donors (Lipinski definition) is 2. The molecule has 0 bridgehead atoms. The highest BCUT2D eigenvalue weighted by Crippen LogP contribution is 2.40. The van der Waals surface area contributed by atoms with Crippen molar-refractivity contribution in [3.63, 3.8) is 0 Å². The van der Waals surface area contributed by atoms with Gasteiger partial charge in [-0.25, -0.2) is 4.79 Å². The molecule has 5 nitrogen and oxygen atoms in total. The van der Waals surface area contributed by atoms with Crippen LogP contribution in [0.25, 0.3) is 0 Å². The Bertz CT molecular complexity index is 894. The molecular weight excluding hydrogens is 408 g/mol. The first-order chi connectivity index (χ1) is 14.9. The van der Waals surface area contributed by atoms with Gasteiger partial charge in [0, 0.05) is 10.9 Å². The van der Waals surface area contributed by atoms with Gasteiger partial charge in [0.15, 0.2) is 0 Å². The molecule has 1 aromatic carbocycles. The van der Waals surface area contributed by atoms with Crippen molar-refractivity contribution in [3.8, 4) is 0 Å². The predicted molar refractivity (Wildman–Crippen MR) is 127 cm³/mol. The molecule has 0 aliphatic heterocycles. The van der Waals surface area contributed by atoms with E-state index in [2.05, 4.69) is 31.4 Å². The van der Waals surface area contributed by atoms with Gasteiger partial charge in [-0.15, -0.1) is 11.3 Å². The van der Waals surface area contributed by atoms with Crippen molar-refractivity contribution in [2.75, 3.05) is 11.9 Å². The third kappa shape index (κ3) is 5.74. The molecular formula is C25H34N2O3S. The molecule has 0 radical (unpaired) electrons. The fraction of sp³-hybridized carbons (Fsp3) is 0.520. The third-order valence-corrected chi connectivity index (χ3v) is 6.97. The van der Waals surface area contributed by atoms with Gasteiger partial charge >= 0.3 is 5.97 Å². The van der Waals surface area contributed by atoms with Gasteiger partial charge < -0.3 is 10.1 Å². The second-order valence-electron chi connectivity index (χ2n) is 8.47. The molecule has 31 heavy (non-hydrogen) atoms. The van der Waals surface area contributed by atoms with E-state index in [9.17, 15) is 9.59 Å². The smallest absolute Gasteiger partial charge is 0.341 e. The largest absolute Gasteiger partial charge is 0.462 e. The van der Waals surface area contributed by atoms with E-state index in [-0.39, 0.29) is 17.9 Å². The average molecular weight is 443 g/mol. The van der Waals surface area contributed by atoms with Crippen LogP contribution >= 0.6 is 11.3 Å². The highest BCUT2D eigenvalue weighted by molar-refractivity contribution is 7.17. The number of nitrogens with one attached hydrogen (secondary N) is 2. The van der Waals surface area contributed by atoms with Crippen LogP contribution in [0.1, 0.15) is 79.4 Å². The summed E-state index contributed by atoms with van der Waals surface area (Å²) < 4.78 is 5.34. The molecule has 6 heteroatoms. The first-order valence-electron chi connectivity index (χ1n) is 11.4. The molecule has 2 N–H and O–H groups in total. The number of carbonyl (C=O) groups excluding carboxylic acids is 2. The number of esters is 1. The molecule has 0 spiro atoms. The van der Waals surface area contributed by atoms with Crippen molar-refractivity contribution in [3.05, 3.63) is 51.9 Å². The van der Waals surface area contributed by atoms with Gasteiger partial charge in [-0.2, -0.15) is 0 Å². The van der Waals surface area contributed by atoms with Crippen LogP contribution in [0.3, 0.4) is 0 Å². The van der Waals surface area contributed by atoms with Crippen molar-refractivity contribution in [2.45, 2.75) is 71.9 Å². The van der Waals surface area contributed by atoms with Crippen molar-refractivity contribution >= 4 is 28.2 Å². The van der Waals surface area contributed by atoms with E-state index in [1.165, 1.54) is 16.2 Å². The highest BCUT2D eigenvalue weighted by Gasteiger charge is 2.31. The third-order valence-electron chi connectivity index (χ3n) is 5.80. The molecule has 3 atom stereocenters. The Morgan fingerprint density at radius 2 is 1.97 bits per heavy atom. The first-order valence-corrected chi connectivity index (χ1v) is 12.2. The summed E-state index contributed by atoms with van der Waals surface area (Å²) in [7, 11) is 0. The lowest BCUT2D eigenvalue weighted by Crippen LogP contribution is -2.38. The Hall–Kier alpha value is -2.18. The van der Waals surface area contributed by atoms with Crippen LogP contribution in [-0.2, 0) is 22.4 Å². The van der Waals surface area contributed by atoms with E-state index >= 15 is 0 Å². The Labute approximate surface area is 189 Å². The van der Waals surface area contributed by atoms with Crippen LogP contribution in [0.4, 0.5) is 5.00 Å². The maximum Gasteiger partial charge on any atom is 0.341 e. The van der Waals surface area contributed by atoms with Crippen molar-refractivity contribution in [1.29, 1.82) is 0 Å². The van der Waals surface area contributed by atoms with E-state index in [1.807, 2.05) is 37.3 Å². The van der Waals surface area contributed by atoms with Gasteiger partial charge in [-0.1, -0.05) is 50.6 Å². The number of hydrogen-bond acceptors (Lipinski definition) is 5. The summed E-state index contributed by atoms with van der Waals surface area (Å²) in [4.78, 5) is 27.4. The number of carbonyl (C=O) groups is 2. The zero-order valence-electron chi connectivity index (χ0n) is 19.0. The van der Waals surface area contributed by atoms with Crippen LogP contribution < -0.4 is 10.6 Å². The number of thiophene rings is 1. The average Bonchev–Trinajstić information content (AvgIpc) is 3.09. The van der Waals surface area contributed by atoms with E-state index in [0.717, 1.165) is 43.2 Å². The summed E-state index contributed by atoms with van der Waals surface area (Å²) in [5, 5.41) is 7.18. The van der Waals surface area contributed by atoms with Gasteiger partial charge in [0.05, 0.1) is 12.2 Å². The zero-order valence-corrected chi connectivity index (χ0v) is 19.8. The minimum Gasteiger partial charge on any atom is -0.462 e. The Kier molecular flexibility index (Phi) is 8.27. The molecule has 0 saturated heterocycles. The number of benzene rings is 1. The molecule has 3 rings (SSSR count). The molecule has 168 valence electrons. The maximum atomic E-state index is 13.4. The van der Waals surface area contributed by atoms with Gasteiger partial charge in [-0.05, 0) is 56.6 Å². The summed E-state index contributed by atoms with van der Waals surface area (Å²) in [5.41, 5.74) is 2.52. The van der Waals surface area contributed by atoms with Gasteiger partial charge in [-0.3, -0.25) is 10.1 Å². The van der Waals surface area contributed by atoms with E-state index in [4.69, 9.17) is 4.74 Å². The van der Waals surface area contributed by atoms with E-state index in [1.54, 1.807) is 0 Å². The standard InChI is InChI=1S/C25H34N2O3S/c1-5-10-17(4)26-22(18-11-8-7-9-12-18)23(28)27-24-21(25(29)30-6-2)19-14-13-16(3)15-20(19)31-24/h7-9,11-12,16-17,22,26H,5-6,10,13-15H2,1-4H3,(H,27,28)/t16-,17+,22-/m1/s1. The van der Waals surface area contributed by atoms with E-state index in [0.29, 0.717) is 23.1 Å². The summed E-state index contributed by atoms with van der Waals surface area (Å²) in [6.07, 6.45) is 4.86. The summed E-state index contributed by atoms with van der Waals surface area (Å²) in [6.45, 7) is 8.59. The lowest BCUT2D eigenvalue weighted by molar-refractivity contribution is -0.118. The molecule has 1 aliphatic carbocycles. The molecule has 1 heterocycles. The highest BCUT2D eigenvalue weighted by atomic mass is 32.1. The normalized spacial score (nSPS) is 17.5. The van der Waals surface area contributed by atoms with Crippen LogP contribution in [0, 0.1) is 5.92 Å². The van der Waals surface area contributed by atoms with Crippen molar-refractivity contribution < 1.29 is 14.3 Å². The predicted octanol–water partition coefficient (Wildman–Crippen LogP) is 5.51. The summed E-state index contributed by atoms with van der Waals surface area (Å²) >= 11 is 1.53. The maximum absolute atomic E-state index is 13.4. The summed E-state index contributed by atoms with van der Waals surface area (Å²) in [6, 6.07) is 9.46.